The van der Waals surface area contributed by atoms with Crippen LogP contribution in [0.1, 0.15) is 10.4 Å². The minimum absolute atomic E-state index is 0.140. The van der Waals surface area contributed by atoms with Gasteiger partial charge >= 0.3 is 0 Å². The number of nitrogens with two attached hydrogens (primary N) is 1. The highest BCUT2D eigenvalue weighted by molar-refractivity contribution is 7.89. The summed E-state index contributed by atoms with van der Waals surface area (Å²) in [6.45, 7) is 0. The van der Waals surface area contributed by atoms with Crippen molar-refractivity contribution in [2.45, 2.75) is 4.90 Å². The lowest BCUT2D eigenvalue weighted by molar-refractivity contribution is 0.112. The number of benzene rings is 1. The van der Waals surface area contributed by atoms with E-state index < -0.39 is 10.0 Å². The highest BCUT2D eigenvalue weighted by Gasteiger charge is 2.10. The Labute approximate surface area is 81.5 Å². The number of hydrogen-bond acceptors (Lipinski definition) is 4. The molecule has 0 heterocycles. The summed E-state index contributed by atoms with van der Waals surface area (Å²) in [7, 11) is -2.44. The third-order valence-electron chi connectivity index (χ3n) is 1.60. The molecule has 76 valence electrons. The molecular formula is C8H9NO4S. The second kappa shape index (κ2) is 3.77. The zero-order chi connectivity index (χ0) is 10.8. The van der Waals surface area contributed by atoms with Gasteiger partial charge in [-0.05, 0) is 12.1 Å². The first-order valence-corrected chi connectivity index (χ1v) is 5.19. The Morgan fingerprint density at radius 1 is 1.36 bits per heavy atom. The molecule has 5 nitrogen and oxygen atoms in total. The lowest BCUT2D eigenvalue weighted by atomic mass is 10.2. The maximum absolute atomic E-state index is 11.0. The second-order valence-electron chi connectivity index (χ2n) is 2.60. The third kappa shape index (κ3) is 2.30. The van der Waals surface area contributed by atoms with E-state index in [4.69, 9.17) is 9.88 Å². The molecule has 0 aliphatic heterocycles. The van der Waals surface area contributed by atoms with Gasteiger partial charge in [-0.15, -0.1) is 0 Å². The standard InChI is InChI=1S/C8H9NO4S/c1-13-7-2-6(5-10)3-8(4-7)14(9,11)12/h2-5H,1H3,(H2,9,11,12). The molecule has 1 aromatic rings. The molecule has 1 aromatic carbocycles. The van der Waals surface area contributed by atoms with Crippen molar-refractivity contribution in [2.24, 2.45) is 5.14 Å². The largest absolute Gasteiger partial charge is 0.497 e. The van der Waals surface area contributed by atoms with Gasteiger partial charge in [0.1, 0.15) is 12.0 Å². The van der Waals surface area contributed by atoms with E-state index in [0.717, 1.165) is 0 Å². The molecule has 2 N–H and O–H groups in total. The molecule has 0 aliphatic rings. The van der Waals surface area contributed by atoms with Gasteiger partial charge in [0.15, 0.2) is 0 Å². The maximum atomic E-state index is 11.0. The molecule has 0 aliphatic carbocycles. The van der Waals surface area contributed by atoms with Gasteiger partial charge in [0.2, 0.25) is 10.0 Å². The molecule has 0 amide bonds. The van der Waals surface area contributed by atoms with Gasteiger partial charge in [0.05, 0.1) is 12.0 Å². The maximum Gasteiger partial charge on any atom is 0.238 e. The lowest BCUT2D eigenvalue weighted by Crippen LogP contribution is -2.12. The summed E-state index contributed by atoms with van der Waals surface area (Å²) < 4.78 is 26.8. The number of methoxy groups -OCH3 is 1. The molecule has 0 saturated heterocycles. The summed E-state index contributed by atoms with van der Waals surface area (Å²) in [4.78, 5) is 10.3. The second-order valence-corrected chi connectivity index (χ2v) is 4.17. The zero-order valence-electron chi connectivity index (χ0n) is 7.43. The van der Waals surface area contributed by atoms with Gasteiger partial charge in [-0.1, -0.05) is 0 Å². The van der Waals surface area contributed by atoms with Crippen molar-refractivity contribution >= 4 is 16.3 Å². The van der Waals surface area contributed by atoms with E-state index in [-0.39, 0.29) is 16.2 Å². The van der Waals surface area contributed by atoms with E-state index in [2.05, 4.69) is 0 Å². The lowest BCUT2D eigenvalue weighted by Gasteiger charge is -2.03. The van der Waals surface area contributed by atoms with Crippen LogP contribution in [-0.4, -0.2) is 21.8 Å². The van der Waals surface area contributed by atoms with Gasteiger partial charge in [0, 0.05) is 11.6 Å². The summed E-state index contributed by atoms with van der Waals surface area (Å²) >= 11 is 0. The highest BCUT2D eigenvalue weighted by atomic mass is 32.2. The van der Waals surface area contributed by atoms with E-state index in [0.29, 0.717) is 6.29 Å². The monoisotopic (exact) mass is 215 g/mol. The van der Waals surface area contributed by atoms with Gasteiger partial charge in [-0.25, -0.2) is 13.6 Å². The minimum atomic E-state index is -3.81. The Balaban J connectivity index is 3.39. The third-order valence-corrected chi connectivity index (χ3v) is 2.50. The molecule has 0 radical (unpaired) electrons. The van der Waals surface area contributed by atoms with E-state index >= 15 is 0 Å². The number of rotatable bonds is 3. The molecule has 0 aromatic heterocycles. The van der Waals surface area contributed by atoms with E-state index in [1.165, 1.54) is 25.3 Å². The predicted molar refractivity (Wildman–Crippen MR) is 49.8 cm³/mol. The molecule has 0 spiro atoms. The van der Waals surface area contributed by atoms with Gasteiger partial charge in [0.25, 0.3) is 0 Å². The first-order valence-electron chi connectivity index (χ1n) is 3.64. The molecule has 0 bridgehead atoms. The summed E-state index contributed by atoms with van der Waals surface area (Å²) in [5.41, 5.74) is 0.202. The first kappa shape index (κ1) is 10.7. The normalized spacial score (nSPS) is 11.0. The number of ether oxygens (including phenoxy) is 1. The quantitative estimate of drug-likeness (QED) is 0.727. The highest BCUT2D eigenvalue weighted by Crippen LogP contribution is 2.18. The predicted octanol–water partition coefficient (Wildman–Crippen LogP) is 0.155. The van der Waals surface area contributed by atoms with Crippen LogP contribution >= 0.6 is 0 Å². The minimum Gasteiger partial charge on any atom is -0.497 e. The molecule has 0 atom stereocenters. The SMILES string of the molecule is COc1cc(C=O)cc(S(N)(=O)=O)c1. The molecular weight excluding hydrogens is 206 g/mol. The van der Waals surface area contributed by atoms with Crippen LogP contribution < -0.4 is 9.88 Å². The fraction of sp³-hybridized carbons (Fsp3) is 0.125. The fourth-order valence-corrected chi connectivity index (χ4v) is 1.52. The number of primary sulfonamides is 1. The molecule has 0 unspecified atom stereocenters. The van der Waals surface area contributed by atoms with Crippen molar-refractivity contribution in [3.05, 3.63) is 23.8 Å². The average Bonchev–Trinajstić information content (AvgIpc) is 2.15. The van der Waals surface area contributed by atoms with Crippen molar-refractivity contribution in [2.75, 3.05) is 7.11 Å². The topological polar surface area (TPSA) is 86.5 Å². The fourth-order valence-electron chi connectivity index (χ4n) is 0.944. The Bertz CT molecular complexity index is 452. The van der Waals surface area contributed by atoms with Gasteiger partial charge < -0.3 is 4.74 Å². The van der Waals surface area contributed by atoms with E-state index in [1.54, 1.807) is 0 Å². The van der Waals surface area contributed by atoms with E-state index in [9.17, 15) is 13.2 Å². The van der Waals surface area contributed by atoms with Crippen LogP contribution in [-0.2, 0) is 10.0 Å². The summed E-state index contributed by atoms with van der Waals surface area (Å²) in [5, 5.41) is 4.90. The summed E-state index contributed by atoms with van der Waals surface area (Å²) in [6.07, 6.45) is 0.525. The number of aldehydes is 1. The number of carbonyl (C=O) groups is 1. The average molecular weight is 215 g/mol. The number of carbonyl (C=O) groups excluding carboxylic acids is 1. The van der Waals surface area contributed by atoms with Crippen LogP contribution in [0.4, 0.5) is 0 Å². The van der Waals surface area contributed by atoms with Crippen molar-refractivity contribution in [1.82, 2.24) is 0 Å². The van der Waals surface area contributed by atoms with Crippen LogP contribution in [0.2, 0.25) is 0 Å². The van der Waals surface area contributed by atoms with Gasteiger partial charge in [-0.2, -0.15) is 0 Å². The van der Waals surface area contributed by atoms with Crippen LogP contribution in [0.15, 0.2) is 23.1 Å². The van der Waals surface area contributed by atoms with Crippen molar-refractivity contribution < 1.29 is 17.9 Å². The Morgan fingerprint density at radius 2 is 2.00 bits per heavy atom. The zero-order valence-corrected chi connectivity index (χ0v) is 8.24. The molecule has 1 rings (SSSR count). The van der Waals surface area contributed by atoms with Crippen LogP contribution in [0.25, 0.3) is 0 Å². The Kier molecular flexibility index (Phi) is 2.87. The number of hydrogen-bond donors (Lipinski definition) is 1. The summed E-state index contributed by atoms with van der Waals surface area (Å²) in [5.74, 6) is 0.277. The van der Waals surface area contributed by atoms with Crippen molar-refractivity contribution in [1.29, 1.82) is 0 Å². The van der Waals surface area contributed by atoms with Crippen molar-refractivity contribution in [3.63, 3.8) is 0 Å². The van der Waals surface area contributed by atoms with Crippen molar-refractivity contribution in [3.8, 4) is 5.75 Å². The Morgan fingerprint density at radius 3 is 2.43 bits per heavy atom. The van der Waals surface area contributed by atoms with E-state index in [1.807, 2.05) is 0 Å². The Hall–Kier alpha value is -1.40. The van der Waals surface area contributed by atoms with Crippen LogP contribution in [0, 0.1) is 0 Å². The molecule has 0 saturated carbocycles. The molecule has 0 fully saturated rings. The number of sulfonamides is 1. The summed E-state index contributed by atoms with van der Waals surface area (Å²) in [6, 6.07) is 3.86. The van der Waals surface area contributed by atoms with Gasteiger partial charge in [-0.3, -0.25) is 4.79 Å². The van der Waals surface area contributed by atoms with Crippen LogP contribution in [0.5, 0.6) is 5.75 Å². The molecule has 14 heavy (non-hydrogen) atoms. The molecule has 6 heteroatoms. The smallest absolute Gasteiger partial charge is 0.238 e. The first-order chi connectivity index (χ1) is 6.47. The van der Waals surface area contributed by atoms with Crippen LogP contribution in [0.3, 0.4) is 0 Å².